The van der Waals surface area contributed by atoms with Gasteiger partial charge in [-0.05, 0) is 30.3 Å². The van der Waals surface area contributed by atoms with Gasteiger partial charge in [0.05, 0.1) is 16.0 Å². The molecular weight excluding hydrogens is 302 g/mol. The zero-order valence-corrected chi connectivity index (χ0v) is 12.7. The van der Waals surface area contributed by atoms with Crippen molar-refractivity contribution in [1.82, 2.24) is 4.98 Å². The minimum Gasteiger partial charge on any atom is -0.399 e. The van der Waals surface area contributed by atoms with Crippen molar-refractivity contribution in [3.05, 3.63) is 48.5 Å². The molecule has 4 nitrogen and oxygen atoms in total. The number of benzene rings is 2. The van der Waals surface area contributed by atoms with Gasteiger partial charge < -0.3 is 11.1 Å². The number of fused-ring (bicyclic) bond motifs is 1. The summed E-state index contributed by atoms with van der Waals surface area (Å²) in [5.74, 6) is 0.300. The number of carbonyl (C=O) groups is 1. The van der Waals surface area contributed by atoms with Crippen LogP contribution >= 0.6 is 23.1 Å². The third-order valence-corrected chi connectivity index (χ3v) is 4.94. The lowest BCUT2D eigenvalue weighted by molar-refractivity contribution is -0.113. The van der Waals surface area contributed by atoms with Crippen molar-refractivity contribution in [2.45, 2.75) is 4.34 Å². The fraction of sp³-hybridized carbons (Fsp3) is 0.0667. The van der Waals surface area contributed by atoms with Crippen molar-refractivity contribution >= 4 is 50.6 Å². The fourth-order valence-corrected chi connectivity index (χ4v) is 3.74. The van der Waals surface area contributed by atoms with Crippen molar-refractivity contribution in [1.29, 1.82) is 0 Å². The summed E-state index contributed by atoms with van der Waals surface area (Å²) in [5, 5.41) is 2.85. The molecule has 1 heterocycles. The van der Waals surface area contributed by atoms with E-state index in [2.05, 4.69) is 10.3 Å². The van der Waals surface area contributed by atoms with Gasteiger partial charge in [0.1, 0.15) is 0 Å². The molecule has 0 aliphatic heterocycles. The minimum atomic E-state index is -0.0371. The summed E-state index contributed by atoms with van der Waals surface area (Å²) in [7, 11) is 0. The number of carbonyl (C=O) groups excluding carboxylic acids is 1. The maximum absolute atomic E-state index is 11.9. The van der Waals surface area contributed by atoms with E-state index in [0.717, 1.165) is 25.9 Å². The molecular formula is C15H13N3OS2. The van der Waals surface area contributed by atoms with E-state index in [-0.39, 0.29) is 5.91 Å². The first-order valence-electron chi connectivity index (χ1n) is 6.34. The number of rotatable bonds is 4. The Morgan fingerprint density at radius 2 is 2.05 bits per heavy atom. The summed E-state index contributed by atoms with van der Waals surface area (Å²) in [5.41, 5.74) is 8.20. The number of nitrogens with zero attached hydrogens (tertiary/aromatic N) is 1. The van der Waals surface area contributed by atoms with Gasteiger partial charge in [-0.2, -0.15) is 0 Å². The summed E-state index contributed by atoms with van der Waals surface area (Å²) in [4.78, 5) is 16.4. The molecule has 0 spiro atoms. The monoisotopic (exact) mass is 315 g/mol. The van der Waals surface area contributed by atoms with Crippen LogP contribution in [0.2, 0.25) is 0 Å². The third-order valence-electron chi connectivity index (χ3n) is 2.78. The van der Waals surface area contributed by atoms with Gasteiger partial charge in [-0.3, -0.25) is 4.79 Å². The number of hydrogen-bond donors (Lipinski definition) is 2. The predicted octanol–water partition coefficient (Wildman–Crippen LogP) is 3.61. The molecule has 106 valence electrons. The van der Waals surface area contributed by atoms with Gasteiger partial charge in [-0.1, -0.05) is 30.0 Å². The molecule has 0 unspecified atom stereocenters. The number of thioether (sulfide) groups is 1. The molecule has 0 saturated heterocycles. The van der Waals surface area contributed by atoms with Crippen molar-refractivity contribution in [2.75, 3.05) is 16.8 Å². The number of nitrogens with two attached hydrogens (primary N) is 1. The van der Waals surface area contributed by atoms with Gasteiger partial charge in [0.2, 0.25) is 5.91 Å². The first-order chi connectivity index (χ1) is 10.2. The molecule has 0 saturated carbocycles. The molecule has 1 amide bonds. The Morgan fingerprint density at radius 3 is 2.86 bits per heavy atom. The van der Waals surface area contributed by atoms with E-state index in [0.29, 0.717) is 5.75 Å². The first kappa shape index (κ1) is 13.9. The molecule has 2 aromatic carbocycles. The van der Waals surface area contributed by atoms with Gasteiger partial charge in [0, 0.05) is 11.4 Å². The molecule has 0 fully saturated rings. The van der Waals surface area contributed by atoms with E-state index in [4.69, 9.17) is 5.73 Å². The Balaban J connectivity index is 1.62. The molecule has 21 heavy (non-hydrogen) atoms. The number of nitrogens with one attached hydrogen (secondary N) is 1. The Morgan fingerprint density at radius 1 is 1.24 bits per heavy atom. The van der Waals surface area contributed by atoms with E-state index in [1.54, 1.807) is 11.3 Å². The summed E-state index contributed by atoms with van der Waals surface area (Å²) < 4.78 is 1.92. The van der Waals surface area contributed by atoms with E-state index in [9.17, 15) is 4.79 Å². The van der Waals surface area contributed by atoms with E-state index < -0.39 is 0 Å². The highest BCUT2D eigenvalue weighted by Crippen LogP contribution is 2.30. The Bertz CT molecular complexity index is 771. The highest BCUT2D eigenvalue weighted by molar-refractivity contribution is 8.01. The highest BCUT2D eigenvalue weighted by atomic mass is 32.2. The minimum absolute atomic E-state index is 0.0371. The molecule has 6 heteroatoms. The summed E-state index contributed by atoms with van der Waals surface area (Å²) in [6.07, 6.45) is 0. The van der Waals surface area contributed by atoms with Gasteiger partial charge in [0.15, 0.2) is 4.34 Å². The molecule has 3 aromatic rings. The lowest BCUT2D eigenvalue weighted by Gasteiger charge is -2.03. The largest absolute Gasteiger partial charge is 0.399 e. The van der Waals surface area contributed by atoms with Crippen LogP contribution in [0, 0.1) is 0 Å². The van der Waals surface area contributed by atoms with Crippen LogP contribution in [0.25, 0.3) is 10.2 Å². The van der Waals surface area contributed by atoms with Crippen LogP contribution < -0.4 is 11.1 Å². The van der Waals surface area contributed by atoms with Crippen molar-refractivity contribution < 1.29 is 4.79 Å². The zero-order valence-electron chi connectivity index (χ0n) is 11.1. The fourth-order valence-electron chi connectivity index (χ4n) is 1.83. The number of anilines is 2. The first-order valence-corrected chi connectivity index (χ1v) is 8.15. The van der Waals surface area contributed by atoms with Crippen LogP contribution in [0.5, 0.6) is 0 Å². The van der Waals surface area contributed by atoms with Gasteiger partial charge >= 0.3 is 0 Å². The molecule has 0 aliphatic rings. The molecule has 0 atom stereocenters. The number of thiazole rings is 1. The number of aromatic nitrogens is 1. The summed E-state index contributed by atoms with van der Waals surface area (Å²) >= 11 is 2.99. The number of nitrogen functional groups attached to an aromatic ring is 1. The van der Waals surface area contributed by atoms with E-state index in [1.807, 2.05) is 48.5 Å². The SMILES string of the molecule is Nc1ccc2nc(SCC(=O)Nc3ccccc3)sc2c1. The molecule has 1 aromatic heterocycles. The molecule has 3 rings (SSSR count). The Kier molecular flexibility index (Phi) is 4.08. The summed E-state index contributed by atoms with van der Waals surface area (Å²) in [6, 6.07) is 15.1. The highest BCUT2D eigenvalue weighted by Gasteiger charge is 2.08. The van der Waals surface area contributed by atoms with Crippen molar-refractivity contribution in [2.24, 2.45) is 0 Å². The van der Waals surface area contributed by atoms with Crippen molar-refractivity contribution in [3.8, 4) is 0 Å². The predicted molar refractivity (Wildman–Crippen MR) is 89.8 cm³/mol. The van der Waals surface area contributed by atoms with E-state index in [1.165, 1.54) is 11.8 Å². The Hall–Kier alpha value is -2.05. The number of hydrogen-bond acceptors (Lipinski definition) is 5. The second-order valence-corrected chi connectivity index (χ2v) is 6.66. The van der Waals surface area contributed by atoms with Gasteiger partial charge in [-0.15, -0.1) is 11.3 Å². The van der Waals surface area contributed by atoms with Crippen molar-refractivity contribution in [3.63, 3.8) is 0 Å². The van der Waals surface area contributed by atoms with E-state index >= 15 is 0 Å². The standard InChI is InChI=1S/C15H13N3OS2/c16-10-6-7-12-13(8-10)21-15(18-12)20-9-14(19)17-11-4-2-1-3-5-11/h1-8H,9,16H2,(H,17,19). The second kappa shape index (κ2) is 6.15. The number of para-hydroxylation sites is 1. The average molecular weight is 315 g/mol. The lowest BCUT2D eigenvalue weighted by atomic mass is 10.3. The average Bonchev–Trinajstić information content (AvgIpc) is 2.88. The van der Waals surface area contributed by atoms with Crippen LogP contribution in [0.1, 0.15) is 0 Å². The molecule has 0 bridgehead atoms. The molecule has 0 radical (unpaired) electrons. The smallest absolute Gasteiger partial charge is 0.234 e. The number of amides is 1. The third kappa shape index (κ3) is 3.53. The second-order valence-electron chi connectivity index (χ2n) is 4.41. The normalized spacial score (nSPS) is 10.7. The quantitative estimate of drug-likeness (QED) is 0.570. The van der Waals surface area contributed by atoms with Crippen LogP contribution in [0.15, 0.2) is 52.9 Å². The van der Waals surface area contributed by atoms with Crippen LogP contribution in [-0.4, -0.2) is 16.6 Å². The maximum atomic E-state index is 11.9. The molecule has 3 N–H and O–H groups in total. The lowest BCUT2D eigenvalue weighted by Crippen LogP contribution is -2.13. The van der Waals surface area contributed by atoms with Crippen LogP contribution in [0.3, 0.4) is 0 Å². The zero-order chi connectivity index (χ0) is 14.7. The van der Waals surface area contributed by atoms with Crippen LogP contribution in [0.4, 0.5) is 11.4 Å². The Labute approximate surface area is 130 Å². The van der Waals surface area contributed by atoms with Gasteiger partial charge in [-0.25, -0.2) is 4.98 Å². The maximum Gasteiger partial charge on any atom is 0.234 e. The van der Waals surface area contributed by atoms with Gasteiger partial charge in [0.25, 0.3) is 0 Å². The van der Waals surface area contributed by atoms with Crippen LogP contribution in [-0.2, 0) is 4.79 Å². The topological polar surface area (TPSA) is 68.0 Å². The summed E-state index contributed by atoms with van der Waals surface area (Å²) in [6.45, 7) is 0. The molecule has 0 aliphatic carbocycles.